The lowest BCUT2D eigenvalue weighted by atomic mass is 9.97. The van der Waals surface area contributed by atoms with Crippen molar-refractivity contribution in [1.82, 2.24) is 10.2 Å². The molecule has 0 heterocycles. The minimum Gasteiger partial charge on any atom is -0.444 e. The summed E-state index contributed by atoms with van der Waals surface area (Å²) in [7, 11) is 0. The summed E-state index contributed by atoms with van der Waals surface area (Å²) < 4.78 is 5.30. The van der Waals surface area contributed by atoms with E-state index in [0.29, 0.717) is 11.3 Å². The van der Waals surface area contributed by atoms with Gasteiger partial charge in [0, 0.05) is 11.7 Å². The van der Waals surface area contributed by atoms with E-state index >= 15 is 0 Å². The number of anilines is 1. The molecule has 9 heteroatoms. The molecule has 0 spiro atoms. The molecule has 38 heavy (non-hydrogen) atoms. The SMILES string of the molecule is Cc1ccc(C(C(=O)Nc2ccccc2C)N(C(=O)C(CC(N)=O)NC(=O)OC(C)(C)C)C(C)C)cc1C. The van der Waals surface area contributed by atoms with Crippen LogP contribution in [0.25, 0.3) is 0 Å². The molecule has 0 saturated carbocycles. The molecule has 0 aliphatic carbocycles. The monoisotopic (exact) mass is 524 g/mol. The number of para-hydroxylation sites is 1. The van der Waals surface area contributed by atoms with Crippen LogP contribution in [0.15, 0.2) is 42.5 Å². The van der Waals surface area contributed by atoms with Gasteiger partial charge in [-0.1, -0.05) is 36.4 Å². The summed E-state index contributed by atoms with van der Waals surface area (Å²) in [6.07, 6.45) is -1.33. The fraction of sp³-hybridized carbons (Fsp3) is 0.448. The van der Waals surface area contributed by atoms with Crippen molar-refractivity contribution < 1.29 is 23.9 Å². The number of nitrogens with zero attached hydrogens (tertiary/aromatic N) is 1. The Kier molecular flexibility index (Phi) is 10.0. The third kappa shape index (κ3) is 8.33. The number of carbonyl (C=O) groups is 4. The van der Waals surface area contributed by atoms with Crippen LogP contribution in [-0.2, 0) is 19.1 Å². The van der Waals surface area contributed by atoms with Crippen molar-refractivity contribution in [3.8, 4) is 0 Å². The summed E-state index contributed by atoms with van der Waals surface area (Å²) in [5.74, 6) is -1.84. The molecule has 0 bridgehead atoms. The van der Waals surface area contributed by atoms with Crippen LogP contribution in [0, 0.1) is 20.8 Å². The van der Waals surface area contributed by atoms with Crippen molar-refractivity contribution in [2.24, 2.45) is 5.73 Å². The minimum absolute atomic E-state index is 0.431. The maximum Gasteiger partial charge on any atom is 0.408 e. The molecular weight excluding hydrogens is 484 g/mol. The van der Waals surface area contributed by atoms with Crippen LogP contribution < -0.4 is 16.4 Å². The molecule has 0 aromatic heterocycles. The summed E-state index contributed by atoms with van der Waals surface area (Å²) in [4.78, 5) is 53.6. The fourth-order valence-corrected chi connectivity index (χ4v) is 4.00. The predicted octanol–water partition coefficient (Wildman–Crippen LogP) is 4.30. The number of hydrogen-bond acceptors (Lipinski definition) is 5. The molecule has 0 aliphatic heterocycles. The molecule has 206 valence electrons. The van der Waals surface area contributed by atoms with Gasteiger partial charge in [-0.25, -0.2) is 4.79 Å². The highest BCUT2D eigenvalue weighted by Gasteiger charge is 2.38. The Bertz CT molecular complexity index is 1190. The first kappa shape index (κ1) is 30.3. The number of primary amides is 1. The van der Waals surface area contributed by atoms with E-state index < -0.39 is 54.0 Å². The third-order valence-corrected chi connectivity index (χ3v) is 5.98. The average Bonchev–Trinajstić information content (AvgIpc) is 2.78. The molecule has 4 amide bonds. The summed E-state index contributed by atoms with van der Waals surface area (Å²) in [5.41, 5.74) is 8.67. The van der Waals surface area contributed by atoms with E-state index in [0.717, 1.165) is 16.7 Å². The van der Waals surface area contributed by atoms with Crippen LogP contribution in [0.5, 0.6) is 0 Å². The van der Waals surface area contributed by atoms with Crippen molar-refractivity contribution in [1.29, 1.82) is 0 Å². The van der Waals surface area contributed by atoms with Crippen molar-refractivity contribution in [3.05, 3.63) is 64.7 Å². The van der Waals surface area contributed by atoms with Crippen molar-refractivity contribution in [2.45, 2.75) is 85.5 Å². The van der Waals surface area contributed by atoms with E-state index in [-0.39, 0.29) is 0 Å². The Morgan fingerprint density at radius 1 is 0.947 bits per heavy atom. The molecule has 0 fully saturated rings. The van der Waals surface area contributed by atoms with Crippen molar-refractivity contribution in [3.63, 3.8) is 0 Å². The number of nitrogens with one attached hydrogen (secondary N) is 2. The third-order valence-electron chi connectivity index (χ3n) is 5.98. The summed E-state index contributed by atoms with van der Waals surface area (Å²) >= 11 is 0. The Balaban J connectivity index is 2.57. The number of ether oxygens (including phenoxy) is 1. The molecule has 0 aliphatic rings. The van der Waals surface area contributed by atoms with Crippen LogP contribution in [0.1, 0.15) is 69.3 Å². The van der Waals surface area contributed by atoms with Crippen LogP contribution in [-0.4, -0.2) is 46.4 Å². The number of alkyl carbamates (subject to hydrolysis) is 1. The number of benzene rings is 2. The average molecular weight is 525 g/mol. The zero-order chi connectivity index (χ0) is 28.8. The first-order chi connectivity index (χ1) is 17.6. The van der Waals surface area contributed by atoms with E-state index in [2.05, 4.69) is 10.6 Å². The molecular formula is C29H40N4O5. The quantitative estimate of drug-likeness (QED) is 0.450. The Morgan fingerprint density at radius 3 is 2.11 bits per heavy atom. The van der Waals surface area contributed by atoms with Gasteiger partial charge >= 0.3 is 6.09 Å². The van der Waals surface area contributed by atoms with Crippen molar-refractivity contribution >= 4 is 29.5 Å². The highest BCUT2D eigenvalue weighted by Crippen LogP contribution is 2.29. The van der Waals surface area contributed by atoms with Crippen LogP contribution in [0.3, 0.4) is 0 Å². The summed E-state index contributed by atoms with van der Waals surface area (Å²) in [6, 6.07) is 10.0. The molecule has 2 unspecified atom stereocenters. The van der Waals surface area contributed by atoms with Gasteiger partial charge in [0.25, 0.3) is 5.91 Å². The van der Waals surface area contributed by atoms with Gasteiger partial charge in [0.15, 0.2) is 0 Å². The maximum absolute atomic E-state index is 14.0. The van der Waals surface area contributed by atoms with Crippen LogP contribution in [0.2, 0.25) is 0 Å². The highest BCUT2D eigenvalue weighted by atomic mass is 16.6. The molecule has 2 atom stereocenters. The van der Waals surface area contributed by atoms with Crippen LogP contribution in [0.4, 0.5) is 10.5 Å². The van der Waals surface area contributed by atoms with E-state index in [1.807, 2.05) is 51.1 Å². The number of amides is 4. The molecule has 0 radical (unpaired) electrons. The standard InChI is InChI=1S/C29H40N4O5/c1-17(2)33(27(36)23(16-24(30)34)32-28(37)38-29(6,7)8)25(21-14-13-18(3)20(5)15-21)26(35)31-22-12-10-9-11-19(22)4/h9-15,17,23,25H,16H2,1-8H3,(H2,30,34)(H,31,35)(H,32,37). The lowest BCUT2D eigenvalue weighted by Crippen LogP contribution is -2.55. The number of aryl methyl sites for hydroxylation is 3. The van der Waals surface area contributed by atoms with Gasteiger partial charge in [-0.3, -0.25) is 14.4 Å². The van der Waals surface area contributed by atoms with E-state index in [1.165, 1.54) is 4.90 Å². The van der Waals surface area contributed by atoms with Gasteiger partial charge in [-0.15, -0.1) is 0 Å². The largest absolute Gasteiger partial charge is 0.444 e. The summed E-state index contributed by atoms with van der Waals surface area (Å²) in [5, 5.41) is 5.43. The number of hydrogen-bond donors (Lipinski definition) is 3. The summed E-state index contributed by atoms with van der Waals surface area (Å²) in [6.45, 7) is 14.3. The second-order valence-electron chi connectivity index (χ2n) is 10.8. The number of carbonyl (C=O) groups excluding carboxylic acids is 4. The first-order valence-electron chi connectivity index (χ1n) is 12.6. The maximum atomic E-state index is 14.0. The van der Waals surface area contributed by atoms with Gasteiger partial charge in [-0.2, -0.15) is 0 Å². The smallest absolute Gasteiger partial charge is 0.408 e. The second kappa shape index (κ2) is 12.6. The normalized spacial score (nSPS) is 12.9. The predicted molar refractivity (Wildman–Crippen MR) is 147 cm³/mol. The zero-order valence-electron chi connectivity index (χ0n) is 23.5. The van der Waals surface area contributed by atoms with Gasteiger partial charge in [0.2, 0.25) is 11.8 Å². The number of nitrogens with two attached hydrogens (primary N) is 1. The Morgan fingerprint density at radius 2 is 1.58 bits per heavy atom. The topological polar surface area (TPSA) is 131 Å². The highest BCUT2D eigenvalue weighted by molar-refractivity contribution is 6.00. The second-order valence-corrected chi connectivity index (χ2v) is 10.8. The lowest BCUT2D eigenvalue weighted by molar-refractivity contribution is -0.143. The van der Waals surface area contributed by atoms with Crippen molar-refractivity contribution in [2.75, 3.05) is 5.32 Å². The van der Waals surface area contributed by atoms with Gasteiger partial charge in [0.1, 0.15) is 17.7 Å². The Labute approximate surface area is 225 Å². The molecule has 2 rings (SSSR count). The molecule has 0 saturated heterocycles. The zero-order valence-corrected chi connectivity index (χ0v) is 23.5. The Hall–Kier alpha value is -3.88. The fourth-order valence-electron chi connectivity index (χ4n) is 4.00. The van der Waals surface area contributed by atoms with Crippen LogP contribution >= 0.6 is 0 Å². The molecule has 4 N–H and O–H groups in total. The molecule has 9 nitrogen and oxygen atoms in total. The first-order valence-corrected chi connectivity index (χ1v) is 12.6. The van der Waals surface area contributed by atoms with E-state index in [4.69, 9.17) is 10.5 Å². The van der Waals surface area contributed by atoms with E-state index in [1.54, 1.807) is 46.8 Å². The van der Waals surface area contributed by atoms with Gasteiger partial charge < -0.3 is 26.0 Å². The number of rotatable bonds is 9. The van der Waals surface area contributed by atoms with E-state index in [9.17, 15) is 19.2 Å². The minimum atomic E-state index is -1.33. The molecule has 2 aromatic rings. The lowest BCUT2D eigenvalue weighted by Gasteiger charge is -2.37. The van der Waals surface area contributed by atoms with Gasteiger partial charge in [0.05, 0.1) is 6.42 Å². The molecule has 2 aromatic carbocycles. The van der Waals surface area contributed by atoms with Gasteiger partial charge in [-0.05, 0) is 83.7 Å².